The minimum atomic E-state index is -0.740. The summed E-state index contributed by atoms with van der Waals surface area (Å²) < 4.78 is 4.87. The molecule has 1 atom stereocenters. The van der Waals surface area contributed by atoms with Crippen LogP contribution in [0.3, 0.4) is 0 Å². The van der Waals surface area contributed by atoms with Gasteiger partial charge in [-0.1, -0.05) is 6.07 Å². The lowest BCUT2D eigenvalue weighted by atomic mass is 10.1. The van der Waals surface area contributed by atoms with E-state index in [1.807, 2.05) is 12.3 Å². The molecule has 23 heavy (non-hydrogen) atoms. The van der Waals surface area contributed by atoms with Crippen molar-refractivity contribution in [2.24, 2.45) is 0 Å². The normalized spacial score (nSPS) is 11.7. The maximum atomic E-state index is 11.8. The number of aliphatic hydroxyl groups excluding tert-OH is 1. The van der Waals surface area contributed by atoms with E-state index < -0.39 is 17.9 Å². The summed E-state index contributed by atoms with van der Waals surface area (Å²) in [7, 11) is 0. The van der Waals surface area contributed by atoms with Gasteiger partial charge in [0.05, 0.1) is 18.6 Å². The molecule has 0 aliphatic carbocycles. The van der Waals surface area contributed by atoms with Gasteiger partial charge in [-0.2, -0.15) is 0 Å². The second-order valence-corrected chi connectivity index (χ2v) is 5.68. The smallest absolute Gasteiger partial charge is 0.313 e. The molecular weight excluding hydrogens is 316 g/mol. The van der Waals surface area contributed by atoms with E-state index in [-0.39, 0.29) is 6.54 Å². The predicted octanol–water partition coefficient (Wildman–Crippen LogP) is 2.18. The summed E-state index contributed by atoms with van der Waals surface area (Å²) in [4.78, 5) is 24.5. The zero-order valence-corrected chi connectivity index (χ0v) is 13.4. The molecule has 0 fully saturated rings. The molecule has 0 aliphatic heterocycles. The van der Waals surface area contributed by atoms with Gasteiger partial charge in [-0.15, -0.1) is 11.8 Å². The van der Waals surface area contributed by atoms with Crippen LogP contribution in [0.5, 0.6) is 0 Å². The number of hydrogen-bond acceptors (Lipinski definition) is 5. The highest BCUT2D eigenvalue weighted by atomic mass is 32.2. The van der Waals surface area contributed by atoms with E-state index in [0.717, 1.165) is 4.90 Å². The first kappa shape index (κ1) is 17.1. The highest BCUT2D eigenvalue weighted by molar-refractivity contribution is 7.98. The Balaban J connectivity index is 1.77. The number of rotatable bonds is 6. The average Bonchev–Trinajstić information content (AvgIpc) is 3.09. The van der Waals surface area contributed by atoms with Crippen molar-refractivity contribution >= 4 is 29.3 Å². The summed E-state index contributed by atoms with van der Waals surface area (Å²) >= 11 is 1.55. The summed E-state index contributed by atoms with van der Waals surface area (Å²) in [5.41, 5.74) is 1.20. The molecule has 0 saturated heterocycles. The summed E-state index contributed by atoms with van der Waals surface area (Å²) in [6.45, 7) is 0.184. The zero-order valence-electron chi connectivity index (χ0n) is 12.6. The van der Waals surface area contributed by atoms with E-state index in [0.29, 0.717) is 17.7 Å². The highest BCUT2D eigenvalue weighted by Gasteiger charge is 2.15. The lowest BCUT2D eigenvalue weighted by molar-refractivity contribution is -0.136. The molecule has 6 nitrogen and oxygen atoms in total. The average molecular weight is 334 g/mol. The first-order valence-corrected chi connectivity index (χ1v) is 8.26. The third-order valence-corrected chi connectivity index (χ3v) is 3.89. The quantitative estimate of drug-likeness (QED) is 0.556. The third kappa shape index (κ3) is 5.15. The van der Waals surface area contributed by atoms with E-state index >= 15 is 0 Å². The molecule has 1 unspecified atom stereocenters. The van der Waals surface area contributed by atoms with Gasteiger partial charge in [-0.3, -0.25) is 9.59 Å². The lowest BCUT2D eigenvalue weighted by Crippen LogP contribution is -2.36. The Kier molecular flexibility index (Phi) is 6.25. The van der Waals surface area contributed by atoms with E-state index in [1.165, 1.54) is 12.5 Å². The number of thioether (sulfide) groups is 1. The fraction of sp³-hybridized carbons (Fsp3) is 0.250. The van der Waals surface area contributed by atoms with Crippen molar-refractivity contribution in [1.82, 2.24) is 5.32 Å². The zero-order chi connectivity index (χ0) is 16.7. The van der Waals surface area contributed by atoms with Gasteiger partial charge in [0.25, 0.3) is 0 Å². The molecular formula is C16H18N2O4S. The topological polar surface area (TPSA) is 91.6 Å². The number of aliphatic hydroxyl groups is 1. The molecule has 2 amide bonds. The van der Waals surface area contributed by atoms with E-state index in [1.54, 1.807) is 36.0 Å². The Bertz CT molecular complexity index is 658. The van der Waals surface area contributed by atoms with Crippen LogP contribution in [0.1, 0.15) is 18.1 Å². The van der Waals surface area contributed by atoms with Crippen LogP contribution in [0.4, 0.5) is 5.69 Å². The molecule has 2 rings (SSSR count). The maximum Gasteiger partial charge on any atom is 0.313 e. The standard InChI is InChI=1S/C16H18N2O4S/c1-23-13-4-2-3-12(9-13)18-16(21)15(20)17-7-5-14(19)11-6-8-22-10-11/h2-4,6,8-10,14,19H,5,7H2,1H3,(H,17,20)(H,18,21). The molecule has 122 valence electrons. The monoisotopic (exact) mass is 334 g/mol. The van der Waals surface area contributed by atoms with Gasteiger partial charge < -0.3 is 20.2 Å². The molecule has 0 bridgehead atoms. The number of benzene rings is 1. The Morgan fingerprint density at radius 1 is 1.30 bits per heavy atom. The van der Waals surface area contributed by atoms with Gasteiger partial charge >= 0.3 is 11.8 Å². The summed E-state index contributed by atoms with van der Waals surface area (Å²) in [5.74, 6) is -1.47. The van der Waals surface area contributed by atoms with Crippen LogP contribution in [-0.2, 0) is 9.59 Å². The minimum Gasteiger partial charge on any atom is -0.472 e. The molecule has 0 aliphatic rings. The van der Waals surface area contributed by atoms with Crippen molar-refractivity contribution in [1.29, 1.82) is 0 Å². The first-order valence-electron chi connectivity index (χ1n) is 7.03. The summed E-state index contributed by atoms with van der Waals surface area (Å²) in [6, 6.07) is 8.88. The molecule has 1 heterocycles. The number of hydrogen-bond donors (Lipinski definition) is 3. The van der Waals surface area contributed by atoms with Gasteiger partial charge in [0, 0.05) is 22.7 Å². The molecule has 3 N–H and O–H groups in total. The molecule has 1 aromatic carbocycles. The Hall–Kier alpha value is -2.25. The van der Waals surface area contributed by atoms with Crippen molar-refractivity contribution in [3.63, 3.8) is 0 Å². The van der Waals surface area contributed by atoms with Gasteiger partial charge in [-0.05, 0) is 36.9 Å². The molecule has 0 spiro atoms. The number of furan rings is 1. The Morgan fingerprint density at radius 3 is 2.83 bits per heavy atom. The van der Waals surface area contributed by atoms with E-state index in [2.05, 4.69) is 10.6 Å². The molecule has 2 aromatic rings. The molecule has 0 radical (unpaired) electrons. The number of anilines is 1. The van der Waals surface area contributed by atoms with Gasteiger partial charge in [-0.25, -0.2) is 0 Å². The van der Waals surface area contributed by atoms with Crippen LogP contribution in [0.25, 0.3) is 0 Å². The first-order chi connectivity index (χ1) is 11.1. The summed E-state index contributed by atoms with van der Waals surface area (Å²) in [6.07, 6.45) is 4.39. The minimum absolute atomic E-state index is 0.184. The van der Waals surface area contributed by atoms with Gasteiger partial charge in [0.1, 0.15) is 0 Å². The SMILES string of the molecule is CSc1cccc(NC(=O)C(=O)NCCC(O)c2ccoc2)c1. The highest BCUT2D eigenvalue weighted by Crippen LogP contribution is 2.19. The number of nitrogens with one attached hydrogen (secondary N) is 2. The van der Waals surface area contributed by atoms with E-state index in [4.69, 9.17) is 4.42 Å². The third-order valence-electron chi connectivity index (χ3n) is 3.17. The fourth-order valence-electron chi connectivity index (χ4n) is 1.92. The van der Waals surface area contributed by atoms with Crippen LogP contribution < -0.4 is 10.6 Å². The lowest BCUT2D eigenvalue weighted by Gasteiger charge is -2.10. The van der Waals surface area contributed by atoms with Crippen molar-refractivity contribution in [2.75, 3.05) is 18.1 Å². The van der Waals surface area contributed by atoms with Crippen LogP contribution >= 0.6 is 11.8 Å². The number of carbonyl (C=O) groups excluding carboxylic acids is 2. The molecule has 0 saturated carbocycles. The van der Waals surface area contributed by atoms with Crippen molar-refractivity contribution in [2.45, 2.75) is 17.4 Å². The Morgan fingerprint density at radius 2 is 2.13 bits per heavy atom. The van der Waals surface area contributed by atoms with Gasteiger partial charge in [0.15, 0.2) is 0 Å². The number of carbonyl (C=O) groups is 2. The molecule has 7 heteroatoms. The van der Waals surface area contributed by atoms with E-state index in [9.17, 15) is 14.7 Å². The van der Waals surface area contributed by atoms with Gasteiger partial charge in [0.2, 0.25) is 0 Å². The largest absolute Gasteiger partial charge is 0.472 e. The maximum absolute atomic E-state index is 11.8. The second kappa shape index (κ2) is 8.40. The predicted molar refractivity (Wildman–Crippen MR) is 88.1 cm³/mol. The number of amides is 2. The van der Waals surface area contributed by atoms with Crippen molar-refractivity contribution < 1.29 is 19.1 Å². The fourth-order valence-corrected chi connectivity index (χ4v) is 2.38. The van der Waals surface area contributed by atoms with Crippen LogP contribution in [-0.4, -0.2) is 29.7 Å². The molecule has 1 aromatic heterocycles. The summed E-state index contributed by atoms with van der Waals surface area (Å²) in [5, 5.41) is 14.9. The van der Waals surface area contributed by atoms with Crippen molar-refractivity contribution in [3.8, 4) is 0 Å². The van der Waals surface area contributed by atoms with Crippen LogP contribution in [0.15, 0.2) is 52.2 Å². The van der Waals surface area contributed by atoms with Crippen LogP contribution in [0.2, 0.25) is 0 Å². The van der Waals surface area contributed by atoms with Crippen LogP contribution in [0, 0.1) is 0 Å². The van der Waals surface area contributed by atoms with Crippen molar-refractivity contribution in [3.05, 3.63) is 48.4 Å². The Labute approximate surface area is 138 Å². The second-order valence-electron chi connectivity index (χ2n) is 4.80.